The minimum absolute atomic E-state index is 0.114. The van der Waals surface area contributed by atoms with Crippen LogP contribution < -0.4 is 5.32 Å². The fourth-order valence-electron chi connectivity index (χ4n) is 4.18. The predicted octanol–water partition coefficient (Wildman–Crippen LogP) is 4.25. The molecule has 2 aliphatic rings. The van der Waals surface area contributed by atoms with E-state index in [9.17, 15) is 18.8 Å². The van der Waals surface area contributed by atoms with Gasteiger partial charge in [-0.05, 0) is 49.4 Å². The number of anilines is 1. The summed E-state index contributed by atoms with van der Waals surface area (Å²) in [4.78, 5) is 44.8. The molecule has 6 nitrogen and oxygen atoms in total. The van der Waals surface area contributed by atoms with Gasteiger partial charge in [0.15, 0.2) is 5.13 Å². The smallest absolute Gasteiger partial charge is 0.249 e. The van der Waals surface area contributed by atoms with Crippen molar-refractivity contribution in [2.75, 3.05) is 5.32 Å². The molecule has 4 rings (SSSR count). The first-order valence-corrected chi connectivity index (χ1v) is 11.3. The number of nitrogens with one attached hydrogen (secondary N) is 1. The van der Waals surface area contributed by atoms with Gasteiger partial charge in [0.25, 0.3) is 0 Å². The second-order valence-electron chi connectivity index (χ2n) is 8.38. The van der Waals surface area contributed by atoms with Crippen molar-refractivity contribution in [3.63, 3.8) is 0 Å². The van der Waals surface area contributed by atoms with Crippen molar-refractivity contribution in [2.24, 2.45) is 17.8 Å². The van der Waals surface area contributed by atoms with Crippen LogP contribution in [0.1, 0.15) is 33.1 Å². The maximum Gasteiger partial charge on any atom is 0.249 e. The highest BCUT2D eigenvalue weighted by atomic mass is 32.1. The van der Waals surface area contributed by atoms with E-state index >= 15 is 0 Å². The lowest BCUT2D eigenvalue weighted by atomic mass is 9.85. The monoisotopic (exact) mass is 441 g/mol. The molecule has 31 heavy (non-hydrogen) atoms. The van der Waals surface area contributed by atoms with Crippen LogP contribution in [0.5, 0.6) is 0 Å². The van der Waals surface area contributed by atoms with Gasteiger partial charge < -0.3 is 5.32 Å². The first-order valence-electron chi connectivity index (χ1n) is 10.4. The average Bonchev–Trinajstić information content (AvgIpc) is 3.30. The average molecular weight is 442 g/mol. The molecule has 2 aromatic rings. The Labute approximate surface area is 184 Å². The molecule has 1 N–H and O–H groups in total. The number of hydrogen-bond donors (Lipinski definition) is 1. The van der Waals surface area contributed by atoms with Gasteiger partial charge >= 0.3 is 0 Å². The number of halogens is 1. The van der Waals surface area contributed by atoms with Crippen molar-refractivity contribution in [1.82, 2.24) is 9.88 Å². The molecule has 0 bridgehead atoms. The van der Waals surface area contributed by atoms with E-state index in [1.807, 2.05) is 26.0 Å². The van der Waals surface area contributed by atoms with Crippen molar-refractivity contribution in [2.45, 2.75) is 39.2 Å². The lowest BCUT2D eigenvalue weighted by molar-refractivity contribution is -0.147. The molecule has 1 aliphatic heterocycles. The Morgan fingerprint density at radius 1 is 1.16 bits per heavy atom. The normalized spacial score (nSPS) is 21.5. The van der Waals surface area contributed by atoms with Crippen molar-refractivity contribution < 1.29 is 18.8 Å². The maximum atomic E-state index is 13.2. The molecule has 8 heteroatoms. The number of allylic oxidation sites excluding steroid dienone is 2. The third kappa shape index (κ3) is 4.30. The van der Waals surface area contributed by atoms with Crippen LogP contribution in [-0.4, -0.2) is 33.6 Å². The fraction of sp³-hybridized carbons (Fsp3) is 0.391. The molecular weight excluding hydrogens is 417 g/mol. The summed E-state index contributed by atoms with van der Waals surface area (Å²) in [5.41, 5.74) is 1.35. The Balaban J connectivity index is 1.54. The molecule has 0 spiro atoms. The highest BCUT2D eigenvalue weighted by Gasteiger charge is 2.51. The number of thiazole rings is 1. The van der Waals surface area contributed by atoms with Crippen LogP contribution >= 0.6 is 11.3 Å². The molecule has 2 heterocycles. The van der Waals surface area contributed by atoms with Gasteiger partial charge in [0, 0.05) is 10.9 Å². The van der Waals surface area contributed by atoms with Crippen LogP contribution in [0.4, 0.5) is 9.52 Å². The zero-order valence-corrected chi connectivity index (χ0v) is 18.2. The molecule has 1 aromatic carbocycles. The van der Waals surface area contributed by atoms with E-state index in [0.717, 1.165) is 5.56 Å². The van der Waals surface area contributed by atoms with Gasteiger partial charge in [-0.3, -0.25) is 19.3 Å². The SMILES string of the molecule is CC(C)CC(C(=O)Nc1nc(-c2ccc(F)cc2)cs1)N1C(=O)C2CC=CCC2C1=O. The van der Waals surface area contributed by atoms with Crippen LogP contribution in [0.15, 0.2) is 41.8 Å². The number of rotatable bonds is 6. The van der Waals surface area contributed by atoms with Crippen LogP contribution in [0, 0.1) is 23.6 Å². The first kappa shape index (κ1) is 21.4. The minimum atomic E-state index is -0.872. The van der Waals surface area contributed by atoms with Gasteiger partial charge in [0.2, 0.25) is 17.7 Å². The number of likely N-dealkylation sites (tertiary alicyclic amines) is 1. The molecule has 1 saturated heterocycles. The predicted molar refractivity (Wildman–Crippen MR) is 117 cm³/mol. The number of carbonyl (C=O) groups is 3. The number of benzene rings is 1. The Bertz CT molecular complexity index is 1000. The number of carbonyl (C=O) groups excluding carboxylic acids is 3. The van der Waals surface area contributed by atoms with Crippen molar-refractivity contribution in [3.05, 3.63) is 47.6 Å². The molecule has 0 radical (unpaired) electrons. The number of nitrogens with zero attached hydrogens (tertiary/aromatic N) is 2. The molecule has 162 valence electrons. The molecule has 1 aliphatic carbocycles. The molecule has 1 fully saturated rings. The van der Waals surface area contributed by atoms with Gasteiger partial charge in [-0.15, -0.1) is 11.3 Å². The van der Waals surface area contributed by atoms with Crippen molar-refractivity contribution in [1.29, 1.82) is 0 Å². The Kier molecular flexibility index (Phi) is 6.00. The van der Waals surface area contributed by atoms with Gasteiger partial charge in [-0.25, -0.2) is 9.37 Å². The van der Waals surface area contributed by atoms with E-state index in [1.54, 1.807) is 17.5 Å². The lowest BCUT2D eigenvalue weighted by Gasteiger charge is -2.27. The Hall–Kier alpha value is -2.87. The van der Waals surface area contributed by atoms with Crippen molar-refractivity contribution in [3.8, 4) is 11.3 Å². The van der Waals surface area contributed by atoms with Crippen LogP contribution in [0.2, 0.25) is 0 Å². The number of hydrogen-bond acceptors (Lipinski definition) is 5. The lowest BCUT2D eigenvalue weighted by Crippen LogP contribution is -2.48. The maximum absolute atomic E-state index is 13.2. The summed E-state index contributed by atoms with van der Waals surface area (Å²) in [6.07, 6.45) is 5.32. The Morgan fingerprint density at radius 2 is 1.77 bits per heavy atom. The molecular formula is C23H24FN3O3S. The molecule has 1 aromatic heterocycles. The van der Waals surface area contributed by atoms with Crippen LogP contribution in [0.3, 0.4) is 0 Å². The quantitative estimate of drug-likeness (QED) is 0.537. The summed E-state index contributed by atoms with van der Waals surface area (Å²) < 4.78 is 13.2. The molecule has 3 atom stereocenters. The second-order valence-corrected chi connectivity index (χ2v) is 9.24. The topological polar surface area (TPSA) is 79.4 Å². The van der Waals surface area contributed by atoms with E-state index in [-0.39, 0.29) is 35.4 Å². The van der Waals surface area contributed by atoms with Crippen LogP contribution in [0.25, 0.3) is 11.3 Å². The summed E-state index contributed by atoms with van der Waals surface area (Å²) in [5.74, 6) is -1.89. The van der Waals surface area contributed by atoms with E-state index in [0.29, 0.717) is 30.1 Å². The third-order valence-corrected chi connectivity index (χ3v) is 6.48. The largest absolute Gasteiger partial charge is 0.300 e. The van der Waals surface area contributed by atoms with Gasteiger partial charge in [-0.2, -0.15) is 0 Å². The number of fused-ring (bicyclic) bond motifs is 1. The summed E-state index contributed by atoms with van der Waals surface area (Å²) in [6, 6.07) is 5.07. The summed E-state index contributed by atoms with van der Waals surface area (Å²) >= 11 is 1.24. The van der Waals surface area contributed by atoms with Crippen molar-refractivity contribution >= 4 is 34.2 Å². The summed E-state index contributed by atoms with van der Waals surface area (Å²) in [7, 11) is 0. The summed E-state index contributed by atoms with van der Waals surface area (Å²) in [6.45, 7) is 3.91. The molecule has 3 amide bonds. The first-order chi connectivity index (χ1) is 14.8. The van der Waals surface area contributed by atoms with Gasteiger partial charge in [-0.1, -0.05) is 26.0 Å². The summed E-state index contributed by atoms with van der Waals surface area (Å²) in [5, 5.41) is 4.92. The zero-order chi connectivity index (χ0) is 22.1. The van der Waals surface area contributed by atoms with Crippen LogP contribution in [-0.2, 0) is 14.4 Å². The molecule has 3 unspecified atom stereocenters. The number of aromatic nitrogens is 1. The second kappa shape index (κ2) is 8.70. The number of amides is 3. The Morgan fingerprint density at radius 3 is 2.35 bits per heavy atom. The minimum Gasteiger partial charge on any atom is -0.300 e. The highest BCUT2D eigenvalue weighted by molar-refractivity contribution is 7.14. The molecule has 0 saturated carbocycles. The van der Waals surface area contributed by atoms with Gasteiger partial charge in [0.05, 0.1) is 17.5 Å². The third-order valence-electron chi connectivity index (χ3n) is 5.72. The van der Waals surface area contributed by atoms with E-state index in [2.05, 4.69) is 10.3 Å². The highest BCUT2D eigenvalue weighted by Crippen LogP contribution is 2.37. The zero-order valence-electron chi connectivity index (χ0n) is 17.4. The fourth-order valence-corrected chi connectivity index (χ4v) is 4.91. The number of imide groups is 1. The standard InChI is InChI=1S/C23H24FN3O3S/c1-13(2)11-19(27-21(29)16-5-3-4-6-17(16)22(27)30)20(28)26-23-25-18(12-31-23)14-7-9-15(24)10-8-14/h3-4,7-10,12-13,16-17,19H,5-6,11H2,1-2H3,(H,25,26,28). The van der Waals surface area contributed by atoms with E-state index in [4.69, 9.17) is 0 Å². The van der Waals surface area contributed by atoms with Gasteiger partial charge in [0.1, 0.15) is 11.9 Å². The van der Waals surface area contributed by atoms with E-state index < -0.39 is 11.9 Å². The van der Waals surface area contributed by atoms with E-state index in [1.165, 1.54) is 28.4 Å².